The lowest BCUT2D eigenvalue weighted by Crippen LogP contribution is -2.33. The molecule has 3 aromatic rings. The van der Waals surface area contributed by atoms with Gasteiger partial charge in [-0.25, -0.2) is 4.68 Å². The number of rotatable bonds is 6. The number of carbonyl (C=O) groups excluding carboxylic acids is 1. The number of aryl methyl sites for hydroxylation is 1. The number of thioether (sulfide) groups is 1. The van der Waals surface area contributed by atoms with Gasteiger partial charge in [-0.2, -0.15) is 5.10 Å². The summed E-state index contributed by atoms with van der Waals surface area (Å²) >= 11 is 7.85. The van der Waals surface area contributed by atoms with E-state index < -0.39 is 11.3 Å². The van der Waals surface area contributed by atoms with Crippen LogP contribution in [0.15, 0.2) is 70.4 Å². The summed E-state index contributed by atoms with van der Waals surface area (Å²) in [6.45, 7) is 2.18. The summed E-state index contributed by atoms with van der Waals surface area (Å²) in [5.41, 5.74) is 0.656. The fourth-order valence-electron chi connectivity index (χ4n) is 2.51. The first-order valence-electron chi connectivity index (χ1n) is 8.38. The molecule has 1 N–H and O–H groups in total. The number of nitrogens with one attached hydrogen (secondary N) is 1. The van der Waals surface area contributed by atoms with E-state index in [1.165, 1.54) is 10.7 Å². The number of para-hydroxylation sites is 1. The van der Waals surface area contributed by atoms with Crippen LogP contribution in [0.4, 0.5) is 0 Å². The first-order valence-corrected chi connectivity index (χ1v) is 9.74. The minimum absolute atomic E-state index is 0.148. The zero-order chi connectivity index (χ0) is 19.2. The van der Waals surface area contributed by atoms with Crippen LogP contribution in [0.5, 0.6) is 0 Å². The summed E-state index contributed by atoms with van der Waals surface area (Å²) in [5.74, 6) is 0.204. The predicted octanol–water partition coefficient (Wildman–Crippen LogP) is 3.72. The van der Waals surface area contributed by atoms with Crippen molar-refractivity contribution in [2.45, 2.75) is 11.8 Å². The van der Waals surface area contributed by atoms with Gasteiger partial charge in [0.2, 0.25) is 5.43 Å². The van der Waals surface area contributed by atoms with Crippen molar-refractivity contribution in [2.75, 3.05) is 12.3 Å². The molecule has 0 spiro atoms. The second-order valence-electron chi connectivity index (χ2n) is 5.78. The number of halogens is 1. The molecule has 2 aromatic carbocycles. The van der Waals surface area contributed by atoms with E-state index in [2.05, 4.69) is 10.4 Å². The summed E-state index contributed by atoms with van der Waals surface area (Å²) in [4.78, 5) is 25.8. The largest absolute Gasteiger partial charge is 0.350 e. The van der Waals surface area contributed by atoms with Gasteiger partial charge in [0, 0.05) is 29.0 Å². The number of amides is 1. The van der Waals surface area contributed by atoms with Gasteiger partial charge in [0.05, 0.1) is 10.7 Å². The highest BCUT2D eigenvalue weighted by Gasteiger charge is 2.15. The first-order chi connectivity index (χ1) is 13.1. The molecule has 3 rings (SSSR count). The van der Waals surface area contributed by atoms with Gasteiger partial charge >= 0.3 is 0 Å². The Bertz CT molecular complexity index is 1010. The average Bonchev–Trinajstić information content (AvgIpc) is 2.67. The minimum Gasteiger partial charge on any atom is -0.350 e. The van der Waals surface area contributed by atoms with Crippen LogP contribution in [0.2, 0.25) is 5.02 Å². The molecule has 0 saturated carbocycles. The lowest BCUT2D eigenvalue weighted by atomic mass is 10.2. The van der Waals surface area contributed by atoms with E-state index in [1.807, 2.05) is 42.5 Å². The van der Waals surface area contributed by atoms with Crippen LogP contribution in [0.3, 0.4) is 0 Å². The Labute approximate surface area is 166 Å². The van der Waals surface area contributed by atoms with Gasteiger partial charge in [-0.3, -0.25) is 9.59 Å². The van der Waals surface area contributed by atoms with Gasteiger partial charge in [-0.05, 0) is 31.2 Å². The van der Waals surface area contributed by atoms with E-state index in [0.717, 1.165) is 4.90 Å². The zero-order valence-corrected chi connectivity index (χ0v) is 16.3. The predicted molar refractivity (Wildman–Crippen MR) is 109 cm³/mol. The highest BCUT2D eigenvalue weighted by molar-refractivity contribution is 7.99. The topological polar surface area (TPSA) is 64.0 Å². The van der Waals surface area contributed by atoms with Crippen molar-refractivity contribution in [3.05, 3.63) is 87.3 Å². The fourth-order valence-corrected chi connectivity index (χ4v) is 3.51. The molecule has 0 unspecified atom stereocenters. The van der Waals surface area contributed by atoms with Crippen molar-refractivity contribution >= 4 is 29.3 Å². The van der Waals surface area contributed by atoms with Crippen LogP contribution in [-0.4, -0.2) is 28.0 Å². The summed E-state index contributed by atoms with van der Waals surface area (Å²) in [6.07, 6.45) is 0. The summed E-state index contributed by atoms with van der Waals surface area (Å²) in [6, 6.07) is 18.4. The van der Waals surface area contributed by atoms with Crippen molar-refractivity contribution in [3.8, 4) is 5.69 Å². The van der Waals surface area contributed by atoms with Crippen LogP contribution >= 0.6 is 23.4 Å². The Morgan fingerprint density at radius 3 is 2.59 bits per heavy atom. The van der Waals surface area contributed by atoms with E-state index in [4.69, 9.17) is 11.6 Å². The minimum atomic E-state index is -0.491. The van der Waals surface area contributed by atoms with E-state index in [-0.39, 0.29) is 5.69 Å². The lowest BCUT2D eigenvalue weighted by molar-refractivity contribution is 0.0948. The molecule has 0 aliphatic rings. The molecule has 0 bridgehead atoms. The molecule has 1 aromatic heterocycles. The van der Waals surface area contributed by atoms with Gasteiger partial charge in [-0.15, -0.1) is 11.8 Å². The quantitative estimate of drug-likeness (QED) is 0.507. The lowest BCUT2D eigenvalue weighted by Gasteiger charge is -2.12. The molecule has 0 fully saturated rings. The summed E-state index contributed by atoms with van der Waals surface area (Å²) in [5, 5.41) is 7.48. The number of hydrogen-bond donors (Lipinski definition) is 1. The Balaban J connectivity index is 1.72. The van der Waals surface area contributed by atoms with Gasteiger partial charge in [0.1, 0.15) is 0 Å². The van der Waals surface area contributed by atoms with Crippen molar-refractivity contribution in [1.29, 1.82) is 0 Å². The Kier molecular flexibility index (Phi) is 6.32. The first kappa shape index (κ1) is 19.2. The van der Waals surface area contributed by atoms with Crippen molar-refractivity contribution in [2.24, 2.45) is 0 Å². The SMILES string of the molecule is Cc1cc(=O)c(C(=O)NCCSc2ccccc2)nn1-c1ccccc1Cl. The van der Waals surface area contributed by atoms with Crippen LogP contribution in [0.25, 0.3) is 5.69 Å². The van der Waals surface area contributed by atoms with Gasteiger partial charge in [-0.1, -0.05) is 41.9 Å². The smallest absolute Gasteiger partial charge is 0.275 e. The van der Waals surface area contributed by atoms with E-state index in [1.54, 1.807) is 30.8 Å². The maximum Gasteiger partial charge on any atom is 0.275 e. The number of benzene rings is 2. The van der Waals surface area contributed by atoms with Gasteiger partial charge in [0.25, 0.3) is 5.91 Å². The Morgan fingerprint density at radius 1 is 1.15 bits per heavy atom. The van der Waals surface area contributed by atoms with Crippen molar-refractivity contribution < 1.29 is 4.79 Å². The van der Waals surface area contributed by atoms with Crippen LogP contribution in [-0.2, 0) is 0 Å². The number of hydrogen-bond acceptors (Lipinski definition) is 4. The average molecular weight is 400 g/mol. The van der Waals surface area contributed by atoms with Gasteiger partial charge < -0.3 is 5.32 Å². The van der Waals surface area contributed by atoms with Crippen molar-refractivity contribution in [3.63, 3.8) is 0 Å². The van der Waals surface area contributed by atoms with Crippen LogP contribution < -0.4 is 10.7 Å². The summed E-state index contributed by atoms with van der Waals surface area (Å²) < 4.78 is 1.51. The molecular formula is C20H18ClN3O2S. The monoisotopic (exact) mass is 399 g/mol. The normalized spacial score (nSPS) is 10.6. The maximum atomic E-state index is 12.4. The molecule has 0 saturated heterocycles. The number of aromatic nitrogens is 2. The standard InChI is InChI=1S/C20H18ClN3O2S/c1-14-13-18(25)19(23-24(14)17-10-6-5-9-16(17)21)20(26)22-11-12-27-15-7-3-2-4-8-15/h2-10,13H,11-12H2,1H3,(H,22,26). The fraction of sp³-hybridized carbons (Fsp3) is 0.150. The molecule has 0 aliphatic heterocycles. The highest BCUT2D eigenvalue weighted by Crippen LogP contribution is 2.20. The molecule has 1 amide bonds. The Hall–Kier alpha value is -2.57. The van der Waals surface area contributed by atoms with E-state index in [0.29, 0.717) is 28.7 Å². The molecular weight excluding hydrogens is 382 g/mol. The molecule has 5 nitrogen and oxygen atoms in total. The molecule has 7 heteroatoms. The second kappa shape index (κ2) is 8.88. The van der Waals surface area contributed by atoms with Gasteiger partial charge in [0.15, 0.2) is 5.69 Å². The Morgan fingerprint density at radius 2 is 1.85 bits per heavy atom. The van der Waals surface area contributed by atoms with Crippen LogP contribution in [0, 0.1) is 6.92 Å². The molecule has 27 heavy (non-hydrogen) atoms. The summed E-state index contributed by atoms with van der Waals surface area (Å²) in [7, 11) is 0. The second-order valence-corrected chi connectivity index (χ2v) is 7.35. The van der Waals surface area contributed by atoms with E-state index in [9.17, 15) is 9.59 Å². The zero-order valence-electron chi connectivity index (χ0n) is 14.7. The highest BCUT2D eigenvalue weighted by atomic mass is 35.5. The molecule has 138 valence electrons. The molecule has 0 aliphatic carbocycles. The van der Waals surface area contributed by atoms with Crippen LogP contribution in [0.1, 0.15) is 16.2 Å². The molecule has 0 radical (unpaired) electrons. The maximum absolute atomic E-state index is 12.4. The third kappa shape index (κ3) is 4.78. The van der Waals surface area contributed by atoms with E-state index >= 15 is 0 Å². The third-order valence-corrected chi connectivity index (χ3v) is 5.14. The third-order valence-electron chi connectivity index (χ3n) is 3.80. The van der Waals surface area contributed by atoms with Crippen molar-refractivity contribution in [1.82, 2.24) is 15.1 Å². The molecule has 0 atom stereocenters. The molecule has 1 heterocycles. The number of carbonyl (C=O) groups is 1. The number of nitrogens with zero attached hydrogens (tertiary/aromatic N) is 2.